The van der Waals surface area contributed by atoms with Crippen molar-refractivity contribution in [2.75, 3.05) is 0 Å². The summed E-state index contributed by atoms with van der Waals surface area (Å²) < 4.78 is 5.22. The zero-order valence-corrected chi connectivity index (χ0v) is 9.16. The third kappa shape index (κ3) is 2.06. The highest BCUT2D eigenvalue weighted by Gasteiger charge is 2.13. The molecule has 1 atom stereocenters. The molecule has 2 nitrogen and oxygen atoms in total. The van der Waals surface area contributed by atoms with Crippen molar-refractivity contribution in [1.82, 2.24) is 0 Å². The van der Waals surface area contributed by atoms with Gasteiger partial charge >= 0.3 is 0 Å². The Morgan fingerprint density at radius 1 is 1.33 bits per heavy atom. The van der Waals surface area contributed by atoms with Crippen LogP contribution in [0.4, 0.5) is 0 Å². The SMILES string of the molecule is Cc1occc1C(N)c1cccc(Cl)c1. The second-order valence-electron chi connectivity index (χ2n) is 3.46. The van der Waals surface area contributed by atoms with Crippen molar-refractivity contribution in [2.24, 2.45) is 5.73 Å². The molecule has 0 saturated carbocycles. The molecule has 0 amide bonds. The molecule has 0 aliphatic heterocycles. The minimum absolute atomic E-state index is 0.178. The molecule has 0 radical (unpaired) electrons. The molecule has 1 aromatic carbocycles. The van der Waals surface area contributed by atoms with Crippen molar-refractivity contribution in [3.8, 4) is 0 Å². The predicted octanol–water partition coefficient (Wildman–Crippen LogP) is 3.29. The minimum atomic E-state index is -0.178. The number of furan rings is 1. The van der Waals surface area contributed by atoms with Gasteiger partial charge in [-0.25, -0.2) is 0 Å². The zero-order chi connectivity index (χ0) is 10.8. The fraction of sp³-hybridized carbons (Fsp3) is 0.167. The molecule has 2 rings (SSSR count). The summed E-state index contributed by atoms with van der Waals surface area (Å²) in [5.74, 6) is 0.850. The summed E-state index contributed by atoms with van der Waals surface area (Å²) in [6.45, 7) is 1.90. The van der Waals surface area contributed by atoms with Crippen LogP contribution >= 0.6 is 11.6 Å². The lowest BCUT2D eigenvalue weighted by Crippen LogP contribution is -2.11. The van der Waals surface area contributed by atoms with Gasteiger partial charge in [0.15, 0.2) is 0 Å². The Labute approximate surface area is 93.7 Å². The Kier molecular flexibility index (Phi) is 2.80. The normalized spacial score (nSPS) is 12.7. The Morgan fingerprint density at radius 2 is 2.13 bits per heavy atom. The van der Waals surface area contributed by atoms with Crippen LogP contribution in [0.3, 0.4) is 0 Å². The molecule has 1 heterocycles. The standard InChI is InChI=1S/C12H12ClNO/c1-8-11(5-6-15-8)12(14)9-3-2-4-10(13)7-9/h2-7,12H,14H2,1H3. The first-order chi connectivity index (χ1) is 7.18. The van der Waals surface area contributed by atoms with Crippen LogP contribution in [0.2, 0.25) is 5.02 Å². The van der Waals surface area contributed by atoms with E-state index in [2.05, 4.69) is 0 Å². The number of hydrogen-bond donors (Lipinski definition) is 1. The van der Waals surface area contributed by atoms with Crippen molar-refractivity contribution < 1.29 is 4.42 Å². The molecule has 3 heteroatoms. The van der Waals surface area contributed by atoms with Gasteiger partial charge in [-0.2, -0.15) is 0 Å². The van der Waals surface area contributed by atoms with Crippen LogP contribution in [0, 0.1) is 6.92 Å². The third-order valence-corrected chi connectivity index (χ3v) is 2.68. The molecule has 78 valence electrons. The van der Waals surface area contributed by atoms with E-state index in [0.29, 0.717) is 5.02 Å². The molecule has 0 fully saturated rings. The molecule has 0 saturated heterocycles. The summed E-state index contributed by atoms with van der Waals surface area (Å²) in [4.78, 5) is 0. The maximum atomic E-state index is 6.11. The summed E-state index contributed by atoms with van der Waals surface area (Å²) in [5.41, 5.74) is 8.10. The molecule has 0 bridgehead atoms. The van der Waals surface area contributed by atoms with Crippen LogP contribution in [-0.2, 0) is 0 Å². The van der Waals surface area contributed by atoms with Gasteiger partial charge in [0.25, 0.3) is 0 Å². The molecular formula is C12H12ClNO. The zero-order valence-electron chi connectivity index (χ0n) is 8.41. The van der Waals surface area contributed by atoms with E-state index in [-0.39, 0.29) is 6.04 Å². The number of rotatable bonds is 2. The molecule has 1 unspecified atom stereocenters. The van der Waals surface area contributed by atoms with Crippen molar-refractivity contribution >= 4 is 11.6 Å². The first-order valence-corrected chi connectivity index (χ1v) is 5.11. The number of hydrogen-bond acceptors (Lipinski definition) is 2. The highest BCUT2D eigenvalue weighted by atomic mass is 35.5. The molecule has 0 aliphatic carbocycles. The van der Waals surface area contributed by atoms with Gasteiger partial charge in [-0.05, 0) is 30.7 Å². The molecular weight excluding hydrogens is 210 g/mol. The Balaban J connectivity index is 2.36. The maximum Gasteiger partial charge on any atom is 0.105 e. The number of aryl methyl sites for hydroxylation is 1. The van der Waals surface area contributed by atoms with Crippen molar-refractivity contribution in [1.29, 1.82) is 0 Å². The third-order valence-electron chi connectivity index (χ3n) is 2.44. The van der Waals surface area contributed by atoms with E-state index in [1.807, 2.05) is 37.3 Å². The van der Waals surface area contributed by atoms with E-state index in [1.54, 1.807) is 6.26 Å². The van der Waals surface area contributed by atoms with Crippen LogP contribution < -0.4 is 5.73 Å². The quantitative estimate of drug-likeness (QED) is 0.845. The minimum Gasteiger partial charge on any atom is -0.469 e. The van der Waals surface area contributed by atoms with Crippen molar-refractivity contribution in [2.45, 2.75) is 13.0 Å². The first kappa shape index (κ1) is 10.3. The van der Waals surface area contributed by atoms with Crippen LogP contribution in [0.25, 0.3) is 0 Å². The first-order valence-electron chi connectivity index (χ1n) is 4.73. The summed E-state index contributed by atoms with van der Waals surface area (Å²) in [6.07, 6.45) is 1.65. The van der Waals surface area contributed by atoms with E-state index in [1.165, 1.54) is 0 Å². The number of nitrogens with two attached hydrogens (primary N) is 1. The van der Waals surface area contributed by atoms with Crippen LogP contribution in [0.5, 0.6) is 0 Å². The Hall–Kier alpha value is -1.25. The average molecular weight is 222 g/mol. The molecule has 15 heavy (non-hydrogen) atoms. The molecule has 2 aromatic rings. The predicted molar refractivity (Wildman–Crippen MR) is 60.9 cm³/mol. The van der Waals surface area contributed by atoms with E-state index in [9.17, 15) is 0 Å². The lowest BCUT2D eigenvalue weighted by molar-refractivity contribution is 0.527. The maximum absolute atomic E-state index is 6.11. The molecule has 1 aromatic heterocycles. The fourth-order valence-corrected chi connectivity index (χ4v) is 1.80. The largest absolute Gasteiger partial charge is 0.469 e. The van der Waals surface area contributed by atoms with Crippen LogP contribution in [0.15, 0.2) is 41.0 Å². The van der Waals surface area contributed by atoms with E-state index < -0.39 is 0 Å². The van der Waals surface area contributed by atoms with Gasteiger partial charge in [-0.3, -0.25) is 0 Å². The van der Waals surface area contributed by atoms with Gasteiger partial charge in [-0.15, -0.1) is 0 Å². The van der Waals surface area contributed by atoms with Gasteiger partial charge in [0.1, 0.15) is 5.76 Å². The summed E-state index contributed by atoms with van der Waals surface area (Å²) in [7, 11) is 0. The second-order valence-corrected chi connectivity index (χ2v) is 3.90. The second kappa shape index (κ2) is 4.09. The number of halogens is 1. The summed E-state index contributed by atoms with van der Waals surface area (Å²) in [6, 6.07) is 9.28. The molecule has 0 aliphatic rings. The lowest BCUT2D eigenvalue weighted by atomic mass is 10.0. The van der Waals surface area contributed by atoms with E-state index in [4.69, 9.17) is 21.8 Å². The molecule has 0 spiro atoms. The fourth-order valence-electron chi connectivity index (χ4n) is 1.60. The highest BCUT2D eigenvalue weighted by molar-refractivity contribution is 6.30. The Morgan fingerprint density at radius 3 is 2.73 bits per heavy atom. The van der Waals surface area contributed by atoms with Crippen molar-refractivity contribution in [3.63, 3.8) is 0 Å². The van der Waals surface area contributed by atoms with E-state index in [0.717, 1.165) is 16.9 Å². The average Bonchev–Trinajstić information content (AvgIpc) is 2.63. The summed E-state index contributed by atoms with van der Waals surface area (Å²) in [5, 5.41) is 0.698. The Bertz CT molecular complexity index is 464. The van der Waals surface area contributed by atoms with Crippen LogP contribution in [-0.4, -0.2) is 0 Å². The van der Waals surface area contributed by atoms with Gasteiger partial charge in [-0.1, -0.05) is 23.7 Å². The number of benzene rings is 1. The highest BCUT2D eigenvalue weighted by Crippen LogP contribution is 2.24. The van der Waals surface area contributed by atoms with Crippen molar-refractivity contribution in [3.05, 3.63) is 58.5 Å². The van der Waals surface area contributed by atoms with Crippen LogP contribution in [0.1, 0.15) is 22.9 Å². The summed E-state index contributed by atoms with van der Waals surface area (Å²) >= 11 is 5.91. The van der Waals surface area contributed by atoms with Gasteiger partial charge in [0.05, 0.1) is 12.3 Å². The lowest BCUT2D eigenvalue weighted by Gasteiger charge is -2.11. The molecule has 2 N–H and O–H groups in total. The topological polar surface area (TPSA) is 39.2 Å². The monoisotopic (exact) mass is 221 g/mol. The van der Waals surface area contributed by atoms with Gasteiger partial charge < -0.3 is 10.2 Å². The van der Waals surface area contributed by atoms with Gasteiger partial charge in [0, 0.05) is 10.6 Å². The van der Waals surface area contributed by atoms with E-state index >= 15 is 0 Å². The van der Waals surface area contributed by atoms with Gasteiger partial charge in [0.2, 0.25) is 0 Å². The smallest absolute Gasteiger partial charge is 0.105 e.